The molecule has 1 atom stereocenters. The van der Waals surface area contributed by atoms with Gasteiger partial charge >= 0.3 is 0 Å². The summed E-state index contributed by atoms with van der Waals surface area (Å²) in [5.41, 5.74) is 5.37. The van der Waals surface area contributed by atoms with Gasteiger partial charge in [-0.05, 0) is 70.2 Å². The van der Waals surface area contributed by atoms with Gasteiger partial charge in [-0.2, -0.15) is 0 Å². The first kappa shape index (κ1) is 16.5. The Labute approximate surface area is 140 Å². The highest BCUT2D eigenvalue weighted by molar-refractivity contribution is 9.10. The second kappa shape index (κ2) is 7.44. The van der Waals surface area contributed by atoms with E-state index in [4.69, 9.17) is 11.6 Å². The van der Waals surface area contributed by atoms with E-state index in [1.165, 1.54) is 22.3 Å². The van der Waals surface area contributed by atoms with Crippen LogP contribution < -0.4 is 5.32 Å². The van der Waals surface area contributed by atoms with Crippen molar-refractivity contribution in [2.24, 2.45) is 0 Å². The van der Waals surface area contributed by atoms with Crippen LogP contribution in [-0.4, -0.2) is 7.05 Å². The molecular formula is C18H21BrClN. The number of rotatable bonds is 5. The lowest BCUT2D eigenvalue weighted by Gasteiger charge is -2.20. The Morgan fingerprint density at radius 2 is 1.62 bits per heavy atom. The molecule has 21 heavy (non-hydrogen) atoms. The van der Waals surface area contributed by atoms with E-state index in [9.17, 15) is 0 Å². The fourth-order valence-corrected chi connectivity index (χ4v) is 3.23. The maximum atomic E-state index is 6.09. The standard InChI is InChI=1S/C18H21BrClN/c1-4-12-6-7-14(10-13(12)5-2)18(21-3)15-8-9-17(20)16(19)11-15/h6-11,18,21H,4-5H2,1-3H3. The van der Waals surface area contributed by atoms with Crippen molar-refractivity contribution in [3.05, 3.63) is 68.1 Å². The molecule has 0 heterocycles. The fourth-order valence-electron chi connectivity index (χ4n) is 2.72. The third-order valence-corrected chi connectivity index (χ3v) is 5.11. The van der Waals surface area contributed by atoms with Gasteiger partial charge in [-0.15, -0.1) is 0 Å². The van der Waals surface area contributed by atoms with Gasteiger partial charge in [0.25, 0.3) is 0 Å². The zero-order valence-electron chi connectivity index (χ0n) is 12.7. The average Bonchev–Trinajstić information content (AvgIpc) is 2.51. The molecule has 0 bridgehead atoms. The molecule has 0 aliphatic heterocycles. The number of hydrogen-bond donors (Lipinski definition) is 1. The lowest BCUT2D eigenvalue weighted by atomic mass is 9.93. The Morgan fingerprint density at radius 3 is 2.19 bits per heavy atom. The SMILES string of the molecule is CCc1ccc(C(NC)c2ccc(Cl)c(Br)c2)cc1CC. The summed E-state index contributed by atoms with van der Waals surface area (Å²) in [4.78, 5) is 0. The normalized spacial score (nSPS) is 12.4. The lowest BCUT2D eigenvalue weighted by Crippen LogP contribution is -2.18. The van der Waals surface area contributed by atoms with Gasteiger partial charge in [0.15, 0.2) is 0 Å². The highest BCUT2D eigenvalue weighted by Gasteiger charge is 2.14. The first-order valence-corrected chi connectivity index (χ1v) is 8.51. The van der Waals surface area contributed by atoms with Crippen LogP contribution in [0.2, 0.25) is 5.02 Å². The van der Waals surface area contributed by atoms with Crippen LogP contribution in [0.1, 0.15) is 42.1 Å². The molecule has 1 N–H and O–H groups in total. The van der Waals surface area contributed by atoms with Gasteiger partial charge in [0.2, 0.25) is 0 Å². The van der Waals surface area contributed by atoms with Gasteiger partial charge < -0.3 is 5.32 Å². The van der Waals surface area contributed by atoms with E-state index in [-0.39, 0.29) is 6.04 Å². The van der Waals surface area contributed by atoms with Crippen LogP contribution in [0.15, 0.2) is 40.9 Å². The second-order valence-electron chi connectivity index (χ2n) is 5.13. The van der Waals surface area contributed by atoms with Gasteiger partial charge in [0.05, 0.1) is 11.1 Å². The first-order valence-electron chi connectivity index (χ1n) is 7.34. The van der Waals surface area contributed by atoms with Crippen molar-refractivity contribution in [1.82, 2.24) is 5.32 Å². The Bertz CT molecular complexity index is 625. The highest BCUT2D eigenvalue weighted by atomic mass is 79.9. The first-order chi connectivity index (χ1) is 10.1. The van der Waals surface area contributed by atoms with Crippen molar-refractivity contribution in [3.8, 4) is 0 Å². The van der Waals surface area contributed by atoms with Crippen LogP contribution in [0.3, 0.4) is 0 Å². The zero-order valence-corrected chi connectivity index (χ0v) is 15.1. The largest absolute Gasteiger partial charge is 0.309 e. The summed E-state index contributed by atoms with van der Waals surface area (Å²) in [7, 11) is 1.99. The fraction of sp³-hybridized carbons (Fsp3) is 0.333. The average molecular weight is 367 g/mol. The summed E-state index contributed by atoms with van der Waals surface area (Å²) in [5.74, 6) is 0. The smallest absolute Gasteiger partial charge is 0.0574 e. The van der Waals surface area contributed by atoms with E-state index >= 15 is 0 Å². The van der Waals surface area contributed by atoms with Crippen LogP contribution in [0.4, 0.5) is 0 Å². The molecule has 2 rings (SSSR count). The van der Waals surface area contributed by atoms with Gasteiger partial charge in [0.1, 0.15) is 0 Å². The summed E-state index contributed by atoms with van der Waals surface area (Å²) in [5, 5.41) is 4.15. The van der Waals surface area contributed by atoms with Crippen molar-refractivity contribution < 1.29 is 0 Å². The third-order valence-electron chi connectivity index (χ3n) is 3.89. The summed E-state index contributed by atoms with van der Waals surface area (Å²) in [6, 6.07) is 13.1. The molecule has 0 fully saturated rings. The Hall–Kier alpha value is -0.830. The topological polar surface area (TPSA) is 12.0 Å². The summed E-state index contributed by atoms with van der Waals surface area (Å²) >= 11 is 9.60. The number of benzene rings is 2. The number of nitrogens with one attached hydrogen (secondary N) is 1. The zero-order chi connectivity index (χ0) is 15.4. The maximum absolute atomic E-state index is 6.09. The monoisotopic (exact) mass is 365 g/mol. The van der Waals surface area contributed by atoms with Crippen LogP contribution in [0.25, 0.3) is 0 Å². The molecule has 0 spiro atoms. The van der Waals surface area contributed by atoms with Crippen LogP contribution in [-0.2, 0) is 12.8 Å². The third kappa shape index (κ3) is 3.68. The van der Waals surface area contributed by atoms with Crippen LogP contribution >= 0.6 is 27.5 Å². The summed E-state index contributed by atoms with van der Waals surface area (Å²) in [6.07, 6.45) is 2.15. The minimum absolute atomic E-state index is 0.176. The molecule has 0 aliphatic carbocycles. The van der Waals surface area contributed by atoms with Crippen molar-refractivity contribution >= 4 is 27.5 Å². The van der Waals surface area contributed by atoms with Crippen molar-refractivity contribution in [2.75, 3.05) is 7.05 Å². The number of hydrogen-bond acceptors (Lipinski definition) is 1. The minimum Gasteiger partial charge on any atom is -0.309 e. The van der Waals surface area contributed by atoms with Crippen LogP contribution in [0, 0.1) is 0 Å². The second-order valence-corrected chi connectivity index (χ2v) is 6.39. The molecule has 1 nitrogen and oxygen atoms in total. The molecule has 1 unspecified atom stereocenters. The van der Waals surface area contributed by atoms with Crippen molar-refractivity contribution in [2.45, 2.75) is 32.7 Å². The van der Waals surface area contributed by atoms with Gasteiger partial charge in [-0.3, -0.25) is 0 Å². The maximum Gasteiger partial charge on any atom is 0.0574 e. The van der Waals surface area contributed by atoms with Crippen LogP contribution in [0.5, 0.6) is 0 Å². The molecule has 0 saturated heterocycles. The minimum atomic E-state index is 0.176. The predicted molar refractivity (Wildman–Crippen MR) is 95.3 cm³/mol. The summed E-state index contributed by atoms with van der Waals surface area (Å²) < 4.78 is 0.933. The number of aryl methyl sites for hydroxylation is 2. The highest BCUT2D eigenvalue weighted by Crippen LogP contribution is 2.30. The molecule has 2 aromatic rings. The van der Waals surface area contributed by atoms with E-state index < -0.39 is 0 Å². The lowest BCUT2D eigenvalue weighted by molar-refractivity contribution is 0.690. The summed E-state index contributed by atoms with van der Waals surface area (Å²) in [6.45, 7) is 4.42. The van der Waals surface area contributed by atoms with Gasteiger partial charge in [-0.25, -0.2) is 0 Å². The molecule has 0 saturated carbocycles. The van der Waals surface area contributed by atoms with E-state index in [1.54, 1.807) is 0 Å². The Kier molecular flexibility index (Phi) is 5.86. The van der Waals surface area contributed by atoms with E-state index in [2.05, 4.69) is 65.4 Å². The molecule has 3 heteroatoms. The predicted octanol–water partition coefficient (Wildman–Crippen LogP) is 5.54. The van der Waals surface area contributed by atoms with Crippen molar-refractivity contribution in [3.63, 3.8) is 0 Å². The molecule has 2 aromatic carbocycles. The van der Waals surface area contributed by atoms with E-state index in [1.807, 2.05) is 13.1 Å². The molecule has 0 aromatic heterocycles. The van der Waals surface area contributed by atoms with Gasteiger partial charge in [0, 0.05) is 4.47 Å². The molecule has 112 valence electrons. The molecular weight excluding hydrogens is 346 g/mol. The molecule has 0 amide bonds. The molecule has 0 aliphatic rings. The van der Waals surface area contributed by atoms with E-state index in [0.29, 0.717) is 0 Å². The Morgan fingerprint density at radius 1 is 1.00 bits per heavy atom. The van der Waals surface area contributed by atoms with Crippen molar-refractivity contribution in [1.29, 1.82) is 0 Å². The number of halogens is 2. The Balaban J connectivity index is 2.43. The molecule has 0 radical (unpaired) electrons. The quantitative estimate of drug-likeness (QED) is 0.733. The van der Waals surface area contributed by atoms with Gasteiger partial charge in [-0.1, -0.05) is 49.7 Å². The van der Waals surface area contributed by atoms with E-state index in [0.717, 1.165) is 22.3 Å².